The molecule has 0 unspecified atom stereocenters. The summed E-state index contributed by atoms with van der Waals surface area (Å²) < 4.78 is 6.48. The van der Waals surface area contributed by atoms with Crippen molar-refractivity contribution in [3.05, 3.63) is 58.1 Å². The molecule has 6 nitrogen and oxygen atoms in total. The van der Waals surface area contributed by atoms with E-state index in [1.165, 1.54) is 12.8 Å². The van der Waals surface area contributed by atoms with E-state index in [2.05, 4.69) is 38.8 Å². The molecule has 2 rings (SSSR count). The minimum atomic E-state index is -0.358. The van der Waals surface area contributed by atoms with E-state index < -0.39 is 0 Å². The normalized spacial score (nSPS) is 10.3. The number of nitrogens with one attached hydrogen (secondary N) is 3. The highest BCUT2D eigenvalue weighted by atomic mass is 79.9. The van der Waals surface area contributed by atoms with E-state index in [0.717, 1.165) is 12.8 Å². The minimum absolute atomic E-state index is 0.106. The summed E-state index contributed by atoms with van der Waals surface area (Å²) >= 11 is 8.72. The average Bonchev–Trinajstić information content (AvgIpc) is 2.75. The van der Waals surface area contributed by atoms with Crippen molar-refractivity contribution in [2.24, 2.45) is 0 Å². The molecule has 2 amide bonds. The number of hydrogen-bond acceptors (Lipinski definition) is 4. The Labute approximate surface area is 197 Å². The van der Waals surface area contributed by atoms with Gasteiger partial charge in [-0.2, -0.15) is 0 Å². The Bertz CT molecular complexity index is 921. The Kier molecular flexibility index (Phi) is 10.5. The molecule has 0 atom stereocenters. The first-order valence-electron chi connectivity index (χ1n) is 10.4. The Morgan fingerprint density at radius 3 is 2.52 bits per heavy atom. The molecule has 3 N–H and O–H groups in total. The Morgan fingerprint density at radius 2 is 1.81 bits per heavy atom. The zero-order chi connectivity index (χ0) is 22.6. The second kappa shape index (κ2) is 13.1. The highest BCUT2D eigenvalue weighted by Crippen LogP contribution is 2.26. The van der Waals surface area contributed by atoms with Crippen LogP contribution in [-0.2, 0) is 0 Å². The summed E-state index contributed by atoms with van der Waals surface area (Å²) in [5.74, 6) is 0.127. The van der Waals surface area contributed by atoms with Gasteiger partial charge in [0.15, 0.2) is 5.11 Å². The van der Waals surface area contributed by atoms with Crippen LogP contribution in [-0.4, -0.2) is 30.1 Å². The van der Waals surface area contributed by atoms with Crippen LogP contribution >= 0.6 is 28.1 Å². The van der Waals surface area contributed by atoms with Crippen molar-refractivity contribution in [1.82, 2.24) is 10.6 Å². The Balaban J connectivity index is 1.95. The van der Waals surface area contributed by atoms with Crippen LogP contribution in [0.4, 0.5) is 5.69 Å². The lowest BCUT2D eigenvalue weighted by atomic mass is 10.1. The van der Waals surface area contributed by atoms with Crippen molar-refractivity contribution < 1.29 is 14.3 Å². The number of rotatable bonds is 10. The molecule has 31 heavy (non-hydrogen) atoms. The lowest BCUT2D eigenvalue weighted by Gasteiger charge is -2.14. The number of hydrogen-bond donors (Lipinski definition) is 3. The van der Waals surface area contributed by atoms with Crippen LogP contribution in [0.25, 0.3) is 0 Å². The van der Waals surface area contributed by atoms with Gasteiger partial charge in [0.25, 0.3) is 11.8 Å². The fourth-order valence-corrected chi connectivity index (χ4v) is 3.54. The number of carbonyl (C=O) groups excluding carboxylic acids is 2. The summed E-state index contributed by atoms with van der Waals surface area (Å²) in [6.07, 6.45) is 4.52. The van der Waals surface area contributed by atoms with Gasteiger partial charge in [-0.25, -0.2) is 0 Å². The number of para-hydroxylation sites is 1. The van der Waals surface area contributed by atoms with Crippen LogP contribution < -0.4 is 20.7 Å². The number of ether oxygens (including phenoxy) is 1. The van der Waals surface area contributed by atoms with Crippen LogP contribution in [0.3, 0.4) is 0 Å². The summed E-state index contributed by atoms with van der Waals surface area (Å²) in [5, 5.41) is 8.42. The molecule has 0 heterocycles. The van der Waals surface area contributed by atoms with Crippen molar-refractivity contribution in [3.63, 3.8) is 0 Å². The molecular formula is C23H28BrN3O3S. The first-order valence-corrected chi connectivity index (χ1v) is 11.6. The van der Waals surface area contributed by atoms with Gasteiger partial charge in [-0.1, -0.05) is 38.3 Å². The molecule has 166 valence electrons. The van der Waals surface area contributed by atoms with E-state index in [1.54, 1.807) is 42.5 Å². The number of anilines is 1. The third-order valence-electron chi connectivity index (χ3n) is 4.43. The fourth-order valence-electron chi connectivity index (χ4n) is 2.84. The number of amides is 2. The Morgan fingerprint density at radius 1 is 1.03 bits per heavy atom. The van der Waals surface area contributed by atoms with Gasteiger partial charge in [0.1, 0.15) is 5.75 Å². The van der Waals surface area contributed by atoms with Gasteiger partial charge in [0.2, 0.25) is 0 Å². The third kappa shape index (κ3) is 7.95. The Hall–Kier alpha value is -2.45. The third-order valence-corrected chi connectivity index (χ3v) is 5.26. The quantitative estimate of drug-likeness (QED) is 0.302. The molecule has 2 aromatic rings. The van der Waals surface area contributed by atoms with Gasteiger partial charge in [-0.15, -0.1) is 0 Å². The summed E-state index contributed by atoms with van der Waals surface area (Å²) in [6.45, 7) is 5.18. The molecule has 0 aromatic heterocycles. The summed E-state index contributed by atoms with van der Waals surface area (Å²) in [7, 11) is 0. The van der Waals surface area contributed by atoms with Crippen LogP contribution in [0.15, 0.2) is 46.9 Å². The standard InChI is InChI=1S/C23H28BrN3O3S/c1-3-5-6-9-14-30-20-13-12-16(15-18(20)24)21(28)27-23(31)26-19-11-8-7-10-17(19)22(29)25-4-2/h7-8,10-13,15H,3-6,9,14H2,1-2H3,(H,25,29)(H2,26,27,28,31). The molecule has 0 fully saturated rings. The molecule has 0 bridgehead atoms. The first kappa shape index (κ1) is 24.8. The molecule has 2 aromatic carbocycles. The van der Waals surface area contributed by atoms with Crippen LogP contribution in [0.2, 0.25) is 0 Å². The zero-order valence-electron chi connectivity index (χ0n) is 17.8. The van der Waals surface area contributed by atoms with E-state index in [-0.39, 0.29) is 16.9 Å². The van der Waals surface area contributed by atoms with Crippen LogP contribution in [0.5, 0.6) is 5.75 Å². The van der Waals surface area contributed by atoms with E-state index in [1.807, 2.05) is 6.92 Å². The number of carbonyl (C=O) groups is 2. The van der Waals surface area contributed by atoms with Gasteiger partial charge >= 0.3 is 0 Å². The fraction of sp³-hybridized carbons (Fsp3) is 0.348. The molecule has 0 aliphatic rings. The topological polar surface area (TPSA) is 79.5 Å². The van der Waals surface area contributed by atoms with E-state index in [9.17, 15) is 9.59 Å². The van der Waals surface area contributed by atoms with Crippen molar-refractivity contribution >= 4 is 50.8 Å². The minimum Gasteiger partial charge on any atom is -0.492 e. The van der Waals surface area contributed by atoms with Crippen LogP contribution in [0, 0.1) is 0 Å². The smallest absolute Gasteiger partial charge is 0.257 e. The largest absolute Gasteiger partial charge is 0.492 e. The lowest BCUT2D eigenvalue weighted by molar-refractivity contribution is 0.0954. The van der Waals surface area contributed by atoms with Gasteiger partial charge < -0.3 is 15.4 Å². The highest BCUT2D eigenvalue weighted by molar-refractivity contribution is 9.10. The molecule has 0 saturated heterocycles. The number of benzene rings is 2. The summed E-state index contributed by atoms with van der Waals surface area (Å²) in [6, 6.07) is 12.1. The van der Waals surface area contributed by atoms with E-state index in [0.29, 0.717) is 40.2 Å². The monoisotopic (exact) mass is 505 g/mol. The predicted molar refractivity (Wildman–Crippen MR) is 132 cm³/mol. The maximum Gasteiger partial charge on any atom is 0.257 e. The predicted octanol–water partition coefficient (Wildman–Crippen LogP) is 5.28. The molecule has 8 heteroatoms. The van der Waals surface area contributed by atoms with Crippen molar-refractivity contribution in [3.8, 4) is 5.75 Å². The maximum absolute atomic E-state index is 12.6. The summed E-state index contributed by atoms with van der Waals surface area (Å²) in [5.41, 5.74) is 1.40. The first-order chi connectivity index (χ1) is 15.0. The highest BCUT2D eigenvalue weighted by Gasteiger charge is 2.14. The van der Waals surface area contributed by atoms with Gasteiger partial charge in [-0.3, -0.25) is 14.9 Å². The van der Waals surface area contributed by atoms with Crippen molar-refractivity contribution in [2.45, 2.75) is 39.5 Å². The van der Waals surface area contributed by atoms with Crippen LogP contribution in [0.1, 0.15) is 60.2 Å². The lowest BCUT2D eigenvalue weighted by Crippen LogP contribution is -2.35. The van der Waals surface area contributed by atoms with Gasteiger partial charge in [0.05, 0.1) is 22.3 Å². The number of thiocarbonyl (C=S) groups is 1. The second-order valence-electron chi connectivity index (χ2n) is 6.87. The second-order valence-corrected chi connectivity index (χ2v) is 8.13. The number of halogens is 1. The molecular weight excluding hydrogens is 478 g/mol. The molecule has 0 saturated carbocycles. The molecule has 0 aliphatic heterocycles. The molecule has 0 radical (unpaired) electrons. The SMILES string of the molecule is CCCCCCOc1ccc(C(=O)NC(=S)Nc2ccccc2C(=O)NCC)cc1Br. The average molecular weight is 506 g/mol. The summed E-state index contributed by atoms with van der Waals surface area (Å²) in [4.78, 5) is 24.8. The van der Waals surface area contributed by atoms with Crippen molar-refractivity contribution in [2.75, 3.05) is 18.5 Å². The van der Waals surface area contributed by atoms with E-state index in [4.69, 9.17) is 17.0 Å². The van der Waals surface area contributed by atoms with Crippen molar-refractivity contribution in [1.29, 1.82) is 0 Å². The van der Waals surface area contributed by atoms with Gasteiger partial charge in [-0.05, 0) is 71.8 Å². The molecule has 0 spiro atoms. The van der Waals surface area contributed by atoms with E-state index >= 15 is 0 Å². The maximum atomic E-state index is 12.6. The zero-order valence-corrected chi connectivity index (χ0v) is 20.2. The number of unbranched alkanes of at least 4 members (excludes halogenated alkanes) is 3. The molecule has 0 aliphatic carbocycles. The van der Waals surface area contributed by atoms with Gasteiger partial charge in [0, 0.05) is 12.1 Å².